The highest BCUT2D eigenvalue weighted by molar-refractivity contribution is 8.03. The predicted octanol–water partition coefficient (Wildman–Crippen LogP) is 3.48. The van der Waals surface area contributed by atoms with Crippen molar-refractivity contribution in [3.63, 3.8) is 0 Å². The molecule has 24 heavy (non-hydrogen) atoms. The van der Waals surface area contributed by atoms with Crippen LogP contribution in [0.1, 0.15) is 31.2 Å². The number of nitrogens with one attached hydrogen (secondary N) is 1. The quantitative estimate of drug-likeness (QED) is 0.833. The molecule has 1 saturated heterocycles. The Morgan fingerprint density at radius 2 is 1.71 bits per heavy atom. The molecule has 0 spiro atoms. The second kappa shape index (κ2) is 7.90. The number of aliphatic hydroxyl groups is 1. The van der Waals surface area contributed by atoms with Crippen molar-refractivity contribution < 1.29 is 9.90 Å². The van der Waals surface area contributed by atoms with Gasteiger partial charge < -0.3 is 10.4 Å². The summed E-state index contributed by atoms with van der Waals surface area (Å²) in [5.74, 6) is 3.56. The van der Waals surface area contributed by atoms with Gasteiger partial charge in [0.25, 0.3) is 0 Å². The Hall–Kier alpha value is -0.360. The lowest BCUT2D eigenvalue weighted by atomic mass is 9.78. The maximum atomic E-state index is 13.1. The molecule has 0 aromatic heterocycles. The standard InChI is InChI=1S/C18H24ClNO2S2/c19-15-5-3-14(4-6-15)18(7-1-2-8-18)16(21)20-11-17(22)12-23-9-10-24-13-17/h3-6,22H,1-2,7-13H2,(H,20,21). The topological polar surface area (TPSA) is 49.3 Å². The highest BCUT2D eigenvalue weighted by atomic mass is 35.5. The van der Waals surface area contributed by atoms with E-state index >= 15 is 0 Å². The minimum Gasteiger partial charge on any atom is -0.386 e. The van der Waals surface area contributed by atoms with Gasteiger partial charge in [-0.05, 0) is 30.5 Å². The number of hydrogen-bond acceptors (Lipinski definition) is 4. The maximum absolute atomic E-state index is 13.1. The molecule has 2 aliphatic rings. The van der Waals surface area contributed by atoms with Crippen molar-refractivity contribution in [1.29, 1.82) is 0 Å². The van der Waals surface area contributed by atoms with E-state index in [1.54, 1.807) is 23.5 Å². The van der Waals surface area contributed by atoms with Crippen LogP contribution in [0.15, 0.2) is 24.3 Å². The summed E-state index contributed by atoms with van der Waals surface area (Å²) in [7, 11) is 0. The molecule has 1 saturated carbocycles. The molecule has 1 aromatic rings. The van der Waals surface area contributed by atoms with Gasteiger partial charge in [-0.25, -0.2) is 0 Å². The molecule has 1 heterocycles. The molecular weight excluding hydrogens is 362 g/mol. The number of carbonyl (C=O) groups is 1. The van der Waals surface area contributed by atoms with E-state index in [0.29, 0.717) is 23.1 Å². The largest absolute Gasteiger partial charge is 0.386 e. The van der Waals surface area contributed by atoms with Crippen molar-refractivity contribution in [3.05, 3.63) is 34.9 Å². The van der Waals surface area contributed by atoms with E-state index < -0.39 is 11.0 Å². The fourth-order valence-corrected chi connectivity index (χ4v) is 6.25. The molecule has 3 rings (SSSR count). The average Bonchev–Trinajstić information content (AvgIpc) is 2.98. The predicted molar refractivity (Wildman–Crippen MR) is 104 cm³/mol. The monoisotopic (exact) mass is 385 g/mol. The Bertz CT molecular complexity index is 565. The Balaban J connectivity index is 1.72. The molecule has 0 radical (unpaired) electrons. The first-order valence-electron chi connectivity index (χ1n) is 8.46. The molecular formula is C18H24ClNO2S2. The van der Waals surface area contributed by atoms with Crippen LogP contribution in [0.2, 0.25) is 5.02 Å². The van der Waals surface area contributed by atoms with Gasteiger partial charge in [0.2, 0.25) is 5.91 Å². The number of rotatable bonds is 4. The van der Waals surface area contributed by atoms with E-state index in [9.17, 15) is 9.90 Å². The first-order chi connectivity index (χ1) is 11.5. The van der Waals surface area contributed by atoms with E-state index in [4.69, 9.17) is 11.6 Å². The van der Waals surface area contributed by atoms with Crippen LogP contribution in [0.3, 0.4) is 0 Å². The normalized spacial score (nSPS) is 22.8. The smallest absolute Gasteiger partial charge is 0.230 e. The molecule has 2 N–H and O–H groups in total. The summed E-state index contributed by atoms with van der Waals surface area (Å²) in [6.45, 7) is 0.334. The van der Waals surface area contributed by atoms with Crippen molar-refractivity contribution in [1.82, 2.24) is 5.32 Å². The third-order valence-electron chi connectivity index (χ3n) is 4.98. The summed E-state index contributed by atoms with van der Waals surface area (Å²) in [5.41, 5.74) is -0.230. The third-order valence-corrected chi connectivity index (χ3v) is 7.96. The van der Waals surface area contributed by atoms with E-state index in [1.165, 1.54) is 0 Å². The minimum absolute atomic E-state index is 0.0509. The second-order valence-corrected chi connectivity index (χ2v) is 9.46. The lowest BCUT2D eigenvalue weighted by Gasteiger charge is -2.32. The molecule has 132 valence electrons. The van der Waals surface area contributed by atoms with Crippen molar-refractivity contribution in [3.8, 4) is 0 Å². The third kappa shape index (κ3) is 4.06. The van der Waals surface area contributed by atoms with Gasteiger partial charge >= 0.3 is 0 Å². The zero-order valence-corrected chi connectivity index (χ0v) is 16.1. The van der Waals surface area contributed by atoms with Crippen LogP contribution >= 0.6 is 35.1 Å². The van der Waals surface area contributed by atoms with Crippen LogP contribution < -0.4 is 5.32 Å². The van der Waals surface area contributed by atoms with E-state index in [2.05, 4.69) is 5.32 Å². The number of amides is 1. The Kier molecular flexibility index (Phi) is 6.07. The van der Waals surface area contributed by atoms with Crippen molar-refractivity contribution in [2.45, 2.75) is 36.7 Å². The molecule has 1 aliphatic heterocycles. The summed E-state index contributed by atoms with van der Waals surface area (Å²) in [5, 5.41) is 14.5. The fraction of sp³-hybridized carbons (Fsp3) is 0.611. The number of carbonyl (C=O) groups excluding carboxylic acids is 1. The highest BCUT2D eigenvalue weighted by Crippen LogP contribution is 2.41. The van der Waals surface area contributed by atoms with Crippen molar-refractivity contribution in [2.75, 3.05) is 29.6 Å². The first kappa shape index (κ1) is 18.4. The molecule has 1 amide bonds. The summed E-state index contributed by atoms with van der Waals surface area (Å²) >= 11 is 9.54. The summed E-state index contributed by atoms with van der Waals surface area (Å²) in [6.07, 6.45) is 3.85. The Morgan fingerprint density at radius 3 is 2.29 bits per heavy atom. The molecule has 6 heteroatoms. The Labute approximate surface area is 157 Å². The molecule has 0 atom stereocenters. The van der Waals surface area contributed by atoms with Crippen LogP contribution in [0.4, 0.5) is 0 Å². The van der Waals surface area contributed by atoms with Crippen LogP contribution in [-0.4, -0.2) is 46.2 Å². The second-order valence-electron chi connectivity index (χ2n) is 6.81. The lowest BCUT2D eigenvalue weighted by molar-refractivity contribution is -0.127. The average molecular weight is 386 g/mol. The molecule has 3 nitrogen and oxygen atoms in total. The van der Waals surface area contributed by atoms with Crippen LogP contribution in [0, 0.1) is 0 Å². The van der Waals surface area contributed by atoms with Crippen molar-refractivity contribution >= 4 is 41.0 Å². The van der Waals surface area contributed by atoms with Crippen molar-refractivity contribution in [2.24, 2.45) is 0 Å². The number of thioether (sulfide) groups is 2. The highest BCUT2D eigenvalue weighted by Gasteiger charge is 2.43. The van der Waals surface area contributed by atoms with Gasteiger partial charge in [-0.1, -0.05) is 36.6 Å². The van der Waals surface area contributed by atoms with Gasteiger partial charge in [0.1, 0.15) is 0 Å². The van der Waals surface area contributed by atoms with E-state index in [-0.39, 0.29) is 5.91 Å². The van der Waals surface area contributed by atoms with Crippen LogP contribution in [-0.2, 0) is 10.2 Å². The van der Waals surface area contributed by atoms with Gasteiger partial charge in [-0.3, -0.25) is 4.79 Å². The van der Waals surface area contributed by atoms with Gasteiger partial charge in [-0.2, -0.15) is 23.5 Å². The van der Waals surface area contributed by atoms with Crippen LogP contribution in [0.5, 0.6) is 0 Å². The first-order valence-corrected chi connectivity index (χ1v) is 11.2. The molecule has 1 aliphatic carbocycles. The number of hydrogen-bond donors (Lipinski definition) is 2. The van der Waals surface area contributed by atoms with E-state index in [1.807, 2.05) is 24.3 Å². The lowest BCUT2D eigenvalue weighted by Crippen LogP contribution is -2.51. The Morgan fingerprint density at radius 1 is 1.12 bits per heavy atom. The van der Waals surface area contributed by atoms with Gasteiger partial charge in [0.05, 0.1) is 11.0 Å². The fourth-order valence-electron chi connectivity index (χ4n) is 3.59. The zero-order chi connectivity index (χ0) is 17.0. The van der Waals surface area contributed by atoms with Gasteiger partial charge in [0.15, 0.2) is 0 Å². The summed E-state index contributed by atoms with van der Waals surface area (Å²) in [6, 6.07) is 7.66. The van der Waals surface area contributed by atoms with Gasteiger partial charge in [-0.15, -0.1) is 0 Å². The molecule has 0 unspecified atom stereocenters. The minimum atomic E-state index is -0.804. The zero-order valence-electron chi connectivity index (χ0n) is 13.7. The molecule has 1 aromatic carbocycles. The van der Waals surface area contributed by atoms with E-state index in [0.717, 1.165) is 42.8 Å². The number of benzene rings is 1. The molecule has 0 bridgehead atoms. The summed E-state index contributed by atoms with van der Waals surface area (Å²) < 4.78 is 0. The summed E-state index contributed by atoms with van der Waals surface area (Å²) in [4.78, 5) is 13.1. The number of halogens is 1. The van der Waals surface area contributed by atoms with Gasteiger partial charge in [0, 0.05) is 34.6 Å². The molecule has 2 fully saturated rings. The van der Waals surface area contributed by atoms with Crippen LogP contribution in [0.25, 0.3) is 0 Å². The SMILES string of the molecule is O=C(NCC1(O)CSCCSC1)C1(c2ccc(Cl)cc2)CCCC1. The maximum Gasteiger partial charge on any atom is 0.230 e.